The van der Waals surface area contributed by atoms with E-state index in [1.54, 1.807) is 6.07 Å². The Labute approximate surface area is 146 Å². The highest BCUT2D eigenvalue weighted by molar-refractivity contribution is 6.30. The third-order valence-electron chi connectivity index (χ3n) is 3.86. The number of benzene rings is 1. The maximum absolute atomic E-state index is 14.6. The Morgan fingerprint density at radius 3 is 2.85 bits per heavy atom. The summed E-state index contributed by atoms with van der Waals surface area (Å²) in [5, 5.41) is 7.70. The number of pyridine rings is 1. The van der Waals surface area contributed by atoms with E-state index in [1.165, 1.54) is 46.1 Å². The van der Waals surface area contributed by atoms with Crippen molar-refractivity contribution in [3.63, 3.8) is 0 Å². The lowest BCUT2D eigenvalue weighted by Gasteiger charge is -2.25. The lowest BCUT2D eigenvalue weighted by atomic mass is 10.0. The number of hydrogen-bond acceptors (Lipinski definition) is 5. The minimum absolute atomic E-state index is 0.00417. The quantitative estimate of drug-likeness (QED) is 0.525. The highest BCUT2D eigenvalue weighted by Crippen LogP contribution is 2.32. The number of anilines is 2. The first-order valence-corrected chi connectivity index (χ1v) is 7.60. The number of nitrogens with zero attached hydrogens (tertiary/aromatic N) is 6. The molecule has 0 aliphatic carbocycles. The molecular weight excluding hydrogens is 344 g/mol. The summed E-state index contributed by atoms with van der Waals surface area (Å²) in [6, 6.07) is 7.32. The van der Waals surface area contributed by atoms with Gasteiger partial charge in [-0.3, -0.25) is 9.38 Å². The van der Waals surface area contributed by atoms with E-state index in [0.29, 0.717) is 11.2 Å². The molecule has 0 aliphatic heterocycles. The molecule has 128 valence electrons. The van der Waals surface area contributed by atoms with E-state index in [-0.39, 0.29) is 22.6 Å². The molecule has 4 aromatic rings. The van der Waals surface area contributed by atoms with Crippen molar-refractivity contribution in [1.82, 2.24) is 24.6 Å². The van der Waals surface area contributed by atoms with Crippen LogP contribution in [-0.2, 0) is 0 Å². The van der Waals surface area contributed by atoms with Crippen LogP contribution >= 0.6 is 0 Å². The molecule has 6 nitrogen and oxygen atoms in total. The van der Waals surface area contributed by atoms with Gasteiger partial charge in [0.15, 0.2) is 0 Å². The molecule has 0 amide bonds. The second kappa shape index (κ2) is 6.28. The number of hydrogen-bond donors (Lipinski definition) is 0. The van der Waals surface area contributed by atoms with Gasteiger partial charge in [0.25, 0.3) is 12.2 Å². The highest BCUT2D eigenvalue weighted by Gasteiger charge is 2.22. The number of fused-ring (bicyclic) bond motifs is 3. The first-order valence-electron chi connectivity index (χ1n) is 7.60. The number of rotatable bonds is 4. The molecule has 0 fully saturated rings. The topological polar surface area (TPSA) is 59.2 Å². The van der Waals surface area contributed by atoms with Gasteiger partial charge in [-0.2, -0.15) is 4.98 Å². The van der Waals surface area contributed by atoms with Gasteiger partial charge in [0.2, 0.25) is 0 Å². The summed E-state index contributed by atoms with van der Waals surface area (Å²) < 4.78 is 42.7. The van der Waals surface area contributed by atoms with Gasteiger partial charge >= 0.3 is 0 Å². The van der Waals surface area contributed by atoms with Crippen molar-refractivity contribution in [1.29, 1.82) is 0 Å². The monoisotopic (exact) mass is 354 g/mol. The third-order valence-corrected chi connectivity index (χ3v) is 3.86. The molecule has 10 heteroatoms. The summed E-state index contributed by atoms with van der Waals surface area (Å²) in [5.41, 5.74) is 0.880. The maximum atomic E-state index is 14.6. The first-order chi connectivity index (χ1) is 12.5. The zero-order chi connectivity index (χ0) is 18.3. The Balaban J connectivity index is 2.04. The molecule has 1 aromatic carbocycles. The predicted molar refractivity (Wildman–Crippen MR) is 90.9 cm³/mol. The van der Waals surface area contributed by atoms with Crippen LogP contribution in [0.3, 0.4) is 0 Å². The largest absolute Gasteiger partial charge is 0.320 e. The Hall–Kier alpha value is -3.17. The van der Waals surface area contributed by atoms with E-state index < -0.39 is 18.8 Å². The van der Waals surface area contributed by atoms with Gasteiger partial charge < -0.3 is 4.90 Å². The van der Waals surface area contributed by atoms with Crippen LogP contribution in [0.1, 0.15) is 0 Å². The van der Waals surface area contributed by atoms with E-state index in [4.69, 9.17) is 7.85 Å². The lowest BCUT2D eigenvalue weighted by Crippen LogP contribution is -2.27. The van der Waals surface area contributed by atoms with Crippen molar-refractivity contribution < 1.29 is 13.2 Å². The second-order valence-corrected chi connectivity index (χ2v) is 5.51. The van der Waals surface area contributed by atoms with E-state index in [9.17, 15) is 13.2 Å². The molecule has 0 N–H and O–H groups in total. The average Bonchev–Trinajstić information content (AvgIpc) is 3.08. The maximum Gasteiger partial charge on any atom is 0.257 e. The predicted octanol–water partition coefficient (Wildman–Crippen LogP) is 2.01. The van der Waals surface area contributed by atoms with Crippen molar-refractivity contribution in [2.45, 2.75) is 6.43 Å². The normalized spacial score (nSPS) is 11.5. The molecule has 0 saturated carbocycles. The zero-order valence-corrected chi connectivity index (χ0v) is 13.2. The molecule has 0 bridgehead atoms. The van der Waals surface area contributed by atoms with Crippen LogP contribution in [0, 0.1) is 5.82 Å². The molecule has 26 heavy (non-hydrogen) atoms. The molecule has 3 aromatic heterocycles. The fourth-order valence-electron chi connectivity index (χ4n) is 2.81. The number of alkyl halides is 2. The van der Waals surface area contributed by atoms with Crippen molar-refractivity contribution in [3.05, 3.63) is 48.7 Å². The zero-order valence-electron chi connectivity index (χ0n) is 13.2. The molecule has 2 radical (unpaired) electrons. The summed E-state index contributed by atoms with van der Waals surface area (Å²) >= 11 is 0. The van der Waals surface area contributed by atoms with Crippen LogP contribution in [0.4, 0.5) is 24.7 Å². The van der Waals surface area contributed by atoms with Gasteiger partial charge in [-0.1, -0.05) is 6.07 Å². The van der Waals surface area contributed by atoms with Gasteiger partial charge in [-0.05, 0) is 29.9 Å². The number of halogens is 3. The van der Waals surface area contributed by atoms with Crippen molar-refractivity contribution in [2.24, 2.45) is 0 Å². The van der Waals surface area contributed by atoms with Crippen LogP contribution in [0.25, 0.3) is 16.7 Å². The molecule has 0 atom stereocenters. The van der Waals surface area contributed by atoms with Crippen molar-refractivity contribution >= 4 is 41.6 Å². The summed E-state index contributed by atoms with van der Waals surface area (Å²) in [4.78, 5) is 9.32. The van der Waals surface area contributed by atoms with E-state index >= 15 is 0 Å². The van der Waals surface area contributed by atoms with E-state index in [1.807, 2.05) is 0 Å². The van der Waals surface area contributed by atoms with E-state index in [2.05, 4.69) is 20.2 Å². The molecule has 0 aliphatic rings. The Morgan fingerprint density at radius 1 is 1.23 bits per heavy atom. The lowest BCUT2D eigenvalue weighted by molar-refractivity contribution is 0.158. The van der Waals surface area contributed by atoms with Crippen LogP contribution in [-0.4, -0.2) is 45.4 Å². The van der Waals surface area contributed by atoms with Crippen molar-refractivity contribution in [2.75, 3.05) is 11.4 Å². The molecule has 4 rings (SSSR count). The minimum Gasteiger partial charge on any atom is -0.320 e. The first kappa shape index (κ1) is 16.3. The van der Waals surface area contributed by atoms with Gasteiger partial charge in [0, 0.05) is 11.9 Å². The summed E-state index contributed by atoms with van der Waals surface area (Å²) in [6.07, 6.45) is 0.0784. The highest BCUT2D eigenvalue weighted by atomic mass is 19.3. The van der Waals surface area contributed by atoms with Gasteiger partial charge in [-0.15, -0.1) is 10.2 Å². The third kappa shape index (κ3) is 2.73. The molecule has 3 heterocycles. The molecule has 0 unspecified atom stereocenters. The molecule has 0 saturated heterocycles. The standard InChI is InChI=1S/C16H10BF3N6/c17-12-6-9(4-5-21-12)25(7-13(19)20)15-14-10(18)2-1-3-11(14)26-8-22-24-16(26)23-15/h1-6,8,13H,7H2. The average molecular weight is 354 g/mol. The van der Waals surface area contributed by atoms with Crippen LogP contribution in [0.15, 0.2) is 42.9 Å². The smallest absolute Gasteiger partial charge is 0.257 e. The summed E-state index contributed by atoms with van der Waals surface area (Å²) in [7, 11) is 5.68. The van der Waals surface area contributed by atoms with Gasteiger partial charge in [-0.25, -0.2) is 13.2 Å². The summed E-state index contributed by atoms with van der Waals surface area (Å²) in [5.74, 6) is -0.425. The Kier molecular flexibility index (Phi) is 3.94. The van der Waals surface area contributed by atoms with Gasteiger partial charge in [0.05, 0.1) is 17.4 Å². The number of aromatic nitrogens is 5. The Morgan fingerprint density at radius 2 is 2.08 bits per heavy atom. The van der Waals surface area contributed by atoms with E-state index in [0.717, 1.165) is 0 Å². The molecular formula is C16H10BF3N6. The van der Waals surface area contributed by atoms with Crippen LogP contribution in [0.2, 0.25) is 0 Å². The minimum atomic E-state index is -2.69. The van der Waals surface area contributed by atoms with Crippen LogP contribution < -0.4 is 10.5 Å². The fraction of sp³-hybridized carbons (Fsp3) is 0.125. The van der Waals surface area contributed by atoms with Crippen molar-refractivity contribution in [3.8, 4) is 0 Å². The van der Waals surface area contributed by atoms with Crippen LogP contribution in [0.5, 0.6) is 0 Å². The SMILES string of the molecule is [B]c1cc(N(CC(F)F)c2nc3nncn3c3cccc(F)c23)ccn1. The summed E-state index contributed by atoms with van der Waals surface area (Å²) in [6.45, 7) is -0.704. The van der Waals surface area contributed by atoms with Gasteiger partial charge in [0.1, 0.15) is 25.8 Å². The second-order valence-electron chi connectivity index (χ2n) is 5.51. The fourth-order valence-corrected chi connectivity index (χ4v) is 2.81. The molecule has 0 spiro atoms. The Bertz CT molecular complexity index is 1100.